The van der Waals surface area contributed by atoms with E-state index in [9.17, 15) is 19.2 Å². The number of thioether (sulfide) groups is 1. The van der Waals surface area contributed by atoms with Gasteiger partial charge < -0.3 is 14.6 Å². The minimum absolute atomic E-state index is 0.167. The van der Waals surface area contributed by atoms with Gasteiger partial charge in [-0.1, -0.05) is 6.07 Å². The number of rotatable bonds is 6. The summed E-state index contributed by atoms with van der Waals surface area (Å²) < 4.78 is 10.0. The third kappa shape index (κ3) is 4.83. The average molecular weight is 430 g/mol. The lowest BCUT2D eigenvalue weighted by Crippen LogP contribution is -2.34. The average Bonchev–Trinajstić information content (AvgIpc) is 2.81. The molecule has 0 atom stereocenters. The highest BCUT2D eigenvalue weighted by Crippen LogP contribution is 2.33. The number of hydrogen-bond donors (Lipinski definition) is 1. The second-order valence-electron chi connectivity index (χ2n) is 4.72. The Labute approximate surface area is 154 Å². The Morgan fingerprint density at radius 1 is 1.36 bits per heavy atom. The molecule has 0 bridgehead atoms. The Morgan fingerprint density at radius 3 is 2.68 bits per heavy atom. The van der Waals surface area contributed by atoms with E-state index in [1.54, 1.807) is 12.1 Å². The minimum Gasteiger partial charge on any atom is -0.481 e. The van der Waals surface area contributed by atoms with E-state index in [2.05, 4.69) is 20.7 Å². The van der Waals surface area contributed by atoms with E-state index < -0.39 is 36.2 Å². The van der Waals surface area contributed by atoms with Gasteiger partial charge in [0.1, 0.15) is 12.3 Å². The van der Waals surface area contributed by atoms with Crippen LogP contribution >= 0.6 is 27.7 Å². The molecule has 2 rings (SSSR count). The van der Waals surface area contributed by atoms with Crippen molar-refractivity contribution >= 4 is 56.9 Å². The zero-order valence-corrected chi connectivity index (χ0v) is 15.3. The predicted molar refractivity (Wildman–Crippen MR) is 92.0 cm³/mol. The van der Waals surface area contributed by atoms with Crippen LogP contribution in [0.2, 0.25) is 0 Å². The third-order valence-electron chi connectivity index (χ3n) is 2.99. The maximum absolute atomic E-state index is 12.2. The fourth-order valence-electron chi connectivity index (χ4n) is 1.84. The molecule has 1 saturated heterocycles. The molecule has 1 N–H and O–H groups in total. The summed E-state index contributed by atoms with van der Waals surface area (Å²) in [5, 5.41) is 8.06. The second-order valence-corrected chi connectivity index (χ2v) is 6.56. The zero-order chi connectivity index (χ0) is 18.6. The van der Waals surface area contributed by atoms with Crippen LogP contribution < -0.4 is 4.74 Å². The molecule has 0 radical (unpaired) electrons. The van der Waals surface area contributed by atoms with Crippen molar-refractivity contribution in [3.05, 3.63) is 33.1 Å². The van der Waals surface area contributed by atoms with Gasteiger partial charge in [-0.25, -0.2) is 4.79 Å². The molecule has 1 heterocycles. The molecule has 1 aromatic carbocycles. The van der Waals surface area contributed by atoms with Gasteiger partial charge in [0.15, 0.2) is 6.61 Å². The number of imide groups is 1. The van der Waals surface area contributed by atoms with Crippen LogP contribution in [-0.2, 0) is 19.1 Å². The molecule has 0 unspecified atom stereocenters. The van der Waals surface area contributed by atoms with Crippen LogP contribution in [0.1, 0.15) is 5.56 Å². The number of methoxy groups -OCH3 is 1. The van der Waals surface area contributed by atoms with Crippen molar-refractivity contribution in [1.29, 1.82) is 0 Å². The molecule has 8 nitrogen and oxygen atoms in total. The summed E-state index contributed by atoms with van der Waals surface area (Å²) in [5.41, 5.74) is 0.595. The summed E-state index contributed by atoms with van der Waals surface area (Å²) in [6.45, 7) is -0.922. The summed E-state index contributed by atoms with van der Waals surface area (Å²) in [4.78, 5) is 46.8. The van der Waals surface area contributed by atoms with Gasteiger partial charge in [-0.2, -0.15) is 0 Å². The van der Waals surface area contributed by atoms with Crippen LogP contribution in [0.5, 0.6) is 5.75 Å². The van der Waals surface area contributed by atoms with Gasteiger partial charge in [0.2, 0.25) is 0 Å². The predicted octanol–water partition coefficient (Wildman–Crippen LogP) is 2.12. The van der Waals surface area contributed by atoms with Crippen molar-refractivity contribution in [2.24, 2.45) is 0 Å². The standard InChI is InChI=1S/C15H12BrNO7S/c1-23-13(20)6-17-14(21)11(25-15(17)22)5-8-2-3-10(9(16)4-8)24-7-12(18)19/h2-5H,6-7H2,1H3,(H,18,19). The molecule has 1 fully saturated rings. The number of hydrogen-bond acceptors (Lipinski definition) is 7. The topological polar surface area (TPSA) is 110 Å². The fraction of sp³-hybridized carbons (Fsp3) is 0.200. The maximum Gasteiger partial charge on any atom is 0.341 e. The molecule has 0 spiro atoms. The molecule has 25 heavy (non-hydrogen) atoms. The van der Waals surface area contributed by atoms with E-state index in [1.165, 1.54) is 19.3 Å². The molecule has 0 aliphatic carbocycles. The first-order chi connectivity index (χ1) is 11.8. The quantitative estimate of drug-likeness (QED) is 0.540. The molecule has 2 amide bonds. The molecule has 132 valence electrons. The summed E-state index contributed by atoms with van der Waals surface area (Å²) >= 11 is 3.97. The number of ether oxygens (including phenoxy) is 2. The number of benzene rings is 1. The lowest BCUT2D eigenvalue weighted by Gasteiger charge is -2.09. The number of amides is 2. The monoisotopic (exact) mass is 429 g/mol. The maximum atomic E-state index is 12.2. The largest absolute Gasteiger partial charge is 0.481 e. The van der Waals surface area contributed by atoms with Gasteiger partial charge in [0.25, 0.3) is 11.1 Å². The molecule has 0 saturated carbocycles. The van der Waals surface area contributed by atoms with Crippen molar-refractivity contribution in [1.82, 2.24) is 4.90 Å². The van der Waals surface area contributed by atoms with Gasteiger partial charge >= 0.3 is 11.9 Å². The highest BCUT2D eigenvalue weighted by Gasteiger charge is 2.36. The Balaban J connectivity index is 2.16. The van der Waals surface area contributed by atoms with Gasteiger partial charge in [0.05, 0.1) is 16.5 Å². The van der Waals surface area contributed by atoms with Crippen LogP contribution in [0.4, 0.5) is 4.79 Å². The summed E-state index contributed by atoms with van der Waals surface area (Å²) in [6.07, 6.45) is 1.49. The number of aliphatic carboxylic acids is 1. The van der Waals surface area contributed by atoms with E-state index in [-0.39, 0.29) is 4.91 Å². The normalized spacial score (nSPS) is 15.6. The first-order valence-electron chi connectivity index (χ1n) is 6.78. The third-order valence-corrected chi connectivity index (χ3v) is 4.52. The summed E-state index contributed by atoms with van der Waals surface area (Å²) in [5.74, 6) is -2.04. The number of esters is 1. The molecule has 1 aliphatic heterocycles. The lowest BCUT2D eigenvalue weighted by atomic mass is 10.2. The highest BCUT2D eigenvalue weighted by atomic mass is 79.9. The van der Waals surface area contributed by atoms with Crippen LogP contribution in [0, 0.1) is 0 Å². The van der Waals surface area contributed by atoms with Gasteiger partial charge in [-0.15, -0.1) is 0 Å². The van der Waals surface area contributed by atoms with E-state index in [1.807, 2.05) is 0 Å². The molecular formula is C15H12BrNO7S. The van der Waals surface area contributed by atoms with Crippen LogP contribution in [0.25, 0.3) is 6.08 Å². The first-order valence-corrected chi connectivity index (χ1v) is 8.39. The van der Waals surface area contributed by atoms with Crippen molar-refractivity contribution in [2.75, 3.05) is 20.3 Å². The van der Waals surface area contributed by atoms with Gasteiger partial charge in [-0.3, -0.25) is 19.3 Å². The summed E-state index contributed by atoms with van der Waals surface area (Å²) in [7, 11) is 1.17. The van der Waals surface area contributed by atoms with Crippen molar-refractivity contribution < 1.29 is 33.8 Å². The molecule has 1 aromatic rings. The second kappa shape index (κ2) is 8.17. The highest BCUT2D eigenvalue weighted by molar-refractivity contribution is 9.10. The van der Waals surface area contributed by atoms with E-state index in [0.29, 0.717) is 15.8 Å². The number of carbonyl (C=O) groups excluding carboxylic acids is 3. The van der Waals surface area contributed by atoms with Gasteiger partial charge in [0, 0.05) is 0 Å². The Morgan fingerprint density at radius 2 is 2.08 bits per heavy atom. The van der Waals surface area contributed by atoms with Crippen LogP contribution in [0.3, 0.4) is 0 Å². The Kier molecular flexibility index (Phi) is 6.21. The number of nitrogens with zero attached hydrogens (tertiary/aromatic N) is 1. The van der Waals surface area contributed by atoms with Crippen LogP contribution in [0.15, 0.2) is 27.6 Å². The van der Waals surface area contributed by atoms with Crippen LogP contribution in [-0.4, -0.2) is 53.4 Å². The van der Waals surface area contributed by atoms with E-state index >= 15 is 0 Å². The Bertz CT molecular complexity index is 777. The SMILES string of the molecule is COC(=O)CN1C(=O)SC(=Cc2ccc(OCC(=O)O)c(Br)c2)C1=O. The minimum atomic E-state index is -1.10. The number of carboxylic acids is 1. The first kappa shape index (κ1) is 19.0. The lowest BCUT2D eigenvalue weighted by molar-refractivity contribution is -0.143. The van der Waals surface area contributed by atoms with Crippen molar-refractivity contribution in [2.45, 2.75) is 0 Å². The number of carboxylic acid groups (broad SMARTS) is 1. The zero-order valence-electron chi connectivity index (χ0n) is 12.9. The van der Waals surface area contributed by atoms with Crippen molar-refractivity contribution in [3.8, 4) is 5.75 Å². The summed E-state index contributed by atoms with van der Waals surface area (Å²) in [6, 6.07) is 4.76. The Hall–Kier alpha value is -2.33. The smallest absolute Gasteiger partial charge is 0.341 e. The molecular weight excluding hydrogens is 418 g/mol. The van der Waals surface area contributed by atoms with E-state index in [4.69, 9.17) is 9.84 Å². The number of carbonyl (C=O) groups is 4. The van der Waals surface area contributed by atoms with Crippen molar-refractivity contribution in [3.63, 3.8) is 0 Å². The molecule has 10 heteroatoms. The van der Waals surface area contributed by atoms with E-state index in [0.717, 1.165) is 16.7 Å². The number of halogens is 1. The molecule has 0 aromatic heterocycles. The van der Waals surface area contributed by atoms with Gasteiger partial charge in [-0.05, 0) is 51.5 Å². The molecule has 1 aliphatic rings. The fourth-order valence-corrected chi connectivity index (χ4v) is 3.19.